The zero-order chi connectivity index (χ0) is 12.7. The highest BCUT2D eigenvalue weighted by Crippen LogP contribution is 2.47. The van der Waals surface area contributed by atoms with E-state index in [1.54, 1.807) is 0 Å². The molecule has 1 aliphatic heterocycles. The molecule has 1 saturated heterocycles. The Balaban J connectivity index is 2.14. The number of halogens is 2. The van der Waals surface area contributed by atoms with Gasteiger partial charge in [-0.25, -0.2) is 8.78 Å². The molecule has 0 unspecified atom stereocenters. The summed E-state index contributed by atoms with van der Waals surface area (Å²) in [6.45, 7) is -1.72. The van der Waals surface area contributed by atoms with Gasteiger partial charge in [-0.1, -0.05) is 12.8 Å². The van der Waals surface area contributed by atoms with E-state index in [1.807, 2.05) is 0 Å². The van der Waals surface area contributed by atoms with Crippen molar-refractivity contribution in [2.45, 2.75) is 38.0 Å². The summed E-state index contributed by atoms with van der Waals surface area (Å²) >= 11 is 0. The number of carbonyl (C=O) groups is 2. The summed E-state index contributed by atoms with van der Waals surface area (Å²) in [5.74, 6) is -4.09. The van der Waals surface area contributed by atoms with Gasteiger partial charge in [0.2, 0.25) is 11.8 Å². The first-order chi connectivity index (χ1) is 7.90. The van der Waals surface area contributed by atoms with Crippen LogP contribution in [0.3, 0.4) is 0 Å². The number of carbonyl (C=O) groups excluding carboxylic acids is 2. The van der Waals surface area contributed by atoms with E-state index in [2.05, 4.69) is 0 Å². The number of nitrogens with zero attached hydrogens (tertiary/aromatic N) is 1. The van der Waals surface area contributed by atoms with Gasteiger partial charge < -0.3 is 5.73 Å². The Kier molecular flexibility index (Phi) is 2.93. The van der Waals surface area contributed by atoms with Crippen LogP contribution in [0.25, 0.3) is 0 Å². The van der Waals surface area contributed by atoms with Gasteiger partial charge >= 0.3 is 0 Å². The molecule has 6 heteroatoms. The normalized spacial score (nSPS) is 24.1. The van der Waals surface area contributed by atoms with E-state index in [9.17, 15) is 18.4 Å². The molecule has 0 radical (unpaired) electrons. The van der Waals surface area contributed by atoms with E-state index in [-0.39, 0.29) is 6.42 Å². The van der Waals surface area contributed by atoms with Gasteiger partial charge in [-0.15, -0.1) is 0 Å². The third kappa shape index (κ3) is 2.06. The van der Waals surface area contributed by atoms with Crippen LogP contribution in [0.15, 0.2) is 0 Å². The molecule has 4 nitrogen and oxygen atoms in total. The van der Waals surface area contributed by atoms with Crippen molar-refractivity contribution in [3.05, 3.63) is 0 Å². The third-order valence-electron chi connectivity index (χ3n) is 3.74. The molecule has 17 heavy (non-hydrogen) atoms. The third-order valence-corrected chi connectivity index (χ3v) is 3.74. The Bertz CT molecular complexity index is 351. The average Bonchev–Trinajstić information content (AvgIpc) is 2.81. The highest BCUT2D eigenvalue weighted by atomic mass is 19.3. The van der Waals surface area contributed by atoms with Crippen molar-refractivity contribution in [2.24, 2.45) is 11.1 Å². The molecule has 2 N–H and O–H groups in total. The Labute approximate surface area is 98.1 Å². The lowest BCUT2D eigenvalue weighted by molar-refractivity contribution is -0.146. The summed E-state index contributed by atoms with van der Waals surface area (Å²) in [4.78, 5) is 24.4. The van der Waals surface area contributed by atoms with Gasteiger partial charge in [0, 0.05) is 6.42 Å². The van der Waals surface area contributed by atoms with Crippen LogP contribution in [-0.2, 0) is 9.59 Å². The molecule has 1 heterocycles. The second-order valence-corrected chi connectivity index (χ2v) is 5.01. The zero-order valence-corrected chi connectivity index (χ0v) is 9.55. The number of amides is 2. The monoisotopic (exact) mass is 246 g/mol. The summed E-state index contributed by atoms with van der Waals surface area (Å²) in [5.41, 5.74) is 4.24. The lowest BCUT2D eigenvalue weighted by Crippen LogP contribution is -2.45. The second kappa shape index (κ2) is 4.01. The molecule has 2 amide bonds. The fraction of sp³-hybridized carbons (Fsp3) is 0.818. The van der Waals surface area contributed by atoms with Gasteiger partial charge in [-0.2, -0.15) is 0 Å². The molecule has 1 aliphatic carbocycles. The van der Waals surface area contributed by atoms with Crippen LogP contribution in [0.4, 0.5) is 8.78 Å². The lowest BCUT2D eigenvalue weighted by atomic mass is 9.84. The van der Waals surface area contributed by atoms with Crippen LogP contribution in [0, 0.1) is 5.41 Å². The van der Waals surface area contributed by atoms with Gasteiger partial charge in [0.25, 0.3) is 5.92 Å². The number of imide groups is 1. The van der Waals surface area contributed by atoms with Crippen LogP contribution in [0.1, 0.15) is 32.1 Å². The number of hydrogen-bond donors (Lipinski definition) is 1. The number of alkyl halides is 2. The molecule has 0 bridgehead atoms. The van der Waals surface area contributed by atoms with E-state index in [4.69, 9.17) is 5.73 Å². The van der Waals surface area contributed by atoms with E-state index in [1.165, 1.54) is 0 Å². The van der Waals surface area contributed by atoms with E-state index in [0.29, 0.717) is 17.7 Å². The summed E-state index contributed by atoms with van der Waals surface area (Å²) in [6, 6.07) is 0. The van der Waals surface area contributed by atoms with Crippen molar-refractivity contribution in [2.75, 3.05) is 13.1 Å². The van der Waals surface area contributed by atoms with Crippen LogP contribution in [0.2, 0.25) is 0 Å². The SMILES string of the molecule is NCC(F)(F)CN1C(=O)CC2(CCCC2)C1=O. The largest absolute Gasteiger partial charge is 0.325 e. The highest BCUT2D eigenvalue weighted by Gasteiger charge is 2.54. The summed E-state index contributed by atoms with van der Waals surface area (Å²) < 4.78 is 26.3. The van der Waals surface area contributed by atoms with Crippen molar-refractivity contribution < 1.29 is 18.4 Å². The van der Waals surface area contributed by atoms with Gasteiger partial charge in [0.05, 0.1) is 18.5 Å². The Morgan fingerprint density at radius 3 is 2.41 bits per heavy atom. The maximum atomic E-state index is 13.2. The lowest BCUT2D eigenvalue weighted by Gasteiger charge is -2.24. The number of likely N-dealkylation sites (tertiary alicyclic amines) is 1. The first-order valence-corrected chi connectivity index (χ1v) is 5.83. The van der Waals surface area contributed by atoms with Crippen LogP contribution < -0.4 is 5.73 Å². The standard InChI is InChI=1S/C11H16F2N2O2/c12-11(13,6-14)7-15-8(16)5-10(9(15)17)3-1-2-4-10/h1-7,14H2. The first-order valence-electron chi connectivity index (χ1n) is 5.83. The molecular formula is C11H16F2N2O2. The fourth-order valence-electron chi connectivity index (χ4n) is 2.76. The van der Waals surface area contributed by atoms with E-state index < -0.39 is 36.2 Å². The average molecular weight is 246 g/mol. The summed E-state index contributed by atoms with van der Waals surface area (Å²) in [5, 5.41) is 0. The van der Waals surface area contributed by atoms with Crippen LogP contribution in [0.5, 0.6) is 0 Å². The molecule has 2 fully saturated rings. The van der Waals surface area contributed by atoms with Gasteiger partial charge in [0.1, 0.15) is 0 Å². The minimum absolute atomic E-state index is 0.0898. The van der Waals surface area contributed by atoms with Crippen LogP contribution >= 0.6 is 0 Å². The molecule has 0 aromatic heterocycles. The van der Waals surface area contributed by atoms with E-state index in [0.717, 1.165) is 12.8 Å². The minimum atomic E-state index is -3.19. The first kappa shape index (κ1) is 12.4. The maximum Gasteiger partial charge on any atom is 0.277 e. The van der Waals surface area contributed by atoms with Gasteiger partial charge in [-0.05, 0) is 12.8 Å². The predicted octanol–water partition coefficient (Wildman–Crippen LogP) is 0.900. The van der Waals surface area contributed by atoms with Crippen molar-refractivity contribution in [3.63, 3.8) is 0 Å². The highest BCUT2D eigenvalue weighted by molar-refractivity contribution is 6.06. The van der Waals surface area contributed by atoms with Crippen molar-refractivity contribution in [1.82, 2.24) is 4.90 Å². The second-order valence-electron chi connectivity index (χ2n) is 5.01. The molecule has 1 saturated carbocycles. The number of hydrogen-bond acceptors (Lipinski definition) is 3. The molecule has 96 valence electrons. The molecule has 0 atom stereocenters. The molecule has 0 aromatic carbocycles. The maximum absolute atomic E-state index is 13.2. The summed E-state index contributed by atoms with van der Waals surface area (Å²) in [6.07, 6.45) is 3.15. The van der Waals surface area contributed by atoms with Gasteiger partial charge in [0.15, 0.2) is 0 Å². The van der Waals surface area contributed by atoms with E-state index >= 15 is 0 Å². The number of rotatable bonds is 3. The Hall–Kier alpha value is -1.04. The Morgan fingerprint density at radius 1 is 1.29 bits per heavy atom. The molecule has 2 aliphatic rings. The van der Waals surface area contributed by atoms with Crippen molar-refractivity contribution in [1.29, 1.82) is 0 Å². The number of nitrogens with two attached hydrogens (primary N) is 1. The van der Waals surface area contributed by atoms with Gasteiger partial charge in [-0.3, -0.25) is 14.5 Å². The minimum Gasteiger partial charge on any atom is -0.325 e. The molecule has 0 aromatic rings. The quantitative estimate of drug-likeness (QED) is 0.752. The molecule has 2 rings (SSSR count). The smallest absolute Gasteiger partial charge is 0.277 e. The van der Waals surface area contributed by atoms with Crippen molar-refractivity contribution >= 4 is 11.8 Å². The molecular weight excluding hydrogens is 230 g/mol. The Morgan fingerprint density at radius 2 is 1.88 bits per heavy atom. The summed E-state index contributed by atoms with van der Waals surface area (Å²) in [7, 11) is 0. The zero-order valence-electron chi connectivity index (χ0n) is 9.55. The topological polar surface area (TPSA) is 63.4 Å². The predicted molar refractivity (Wildman–Crippen MR) is 56.2 cm³/mol. The fourth-order valence-corrected chi connectivity index (χ4v) is 2.76. The van der Waals surface area contributed by atoms with Crippen LogP contribution in [-0.4, -0.2) is 35.7 Å². The van der Waals surface area contributed by atoms with Crippen molar-refractivity contribution in [3.8, 4) is 0 Å². The molecule has 1 spiro atoms.